The highest BCUT2D eigenvalue weighted by Crippen LogP contribution is 2.35. The van der Waals surface area contributed by atoms with Gasteiger partial charge in [0.2, 0.25) is 0 Å². The molecule has 25 nitrogen and oxygen atoms in total. The number of rotatable bonds is 63. The highest BCUT2D eigenvalue weighted by Gasteiger charge is 2.59. The average Bonchev–Trinajstić information content (AvgIpc) is 0.711. The maximum atomic E-state index is 12.0. The second kappa shape index (κ2) is 57.8. The summed E-state index contributed by atoms with van der Waals surface area (Å²) in [5.41, 5.74) is 0. The summed E-state index contributed by atoms with van der Waals surface area (Å²) in [5.74, 6) is 1.74. The third kappa shape index (κ3) is 33.6. The minimum Gasteiger partial charge on any atom is -0.411 e. The van der Waals surface area contributed by atoms with Crippen LogP contribution in [0.3, 0.4) is 0 Å². The lowest BCUT2D eigenvalue weighted by Gasteiger charge is -2.41. The Morgan fingerprint density at radius 1 is 0.288 bits per heavy atom. The van der Waals surface area contributed by atoms with E-state index >= 15 is 0 Å². The zero-order valence-corrected chi connectivity index (χ0v) is 93.2. The van der Waals surface area contributed by atoms with E-state index in [4.69, 9.17) is 101 Å². The van der Waals surface area contributed by atoms with E-state index in [9.17, 15) is 9.59 Å². The molecule has 2 fully saturated rings. The molecular weight excluding hydrogens is 1880 g/mol. The Kier molecular flexibility index (Phi) is 48.6. The van der Waals surface area contributed by atoms with Gasteiger partial charge in [-0.3, -0.25) is 0 Å². The van der Waals surface area contributed by atoms with Gasteiger partial charge in [-0.25, -0.2) is 0 Å². The highest BCUT2D eigenvalue weighted by atomic mass is 28.5. The molecule has 8 aromatic carbocycles. The summed E-state index contributed by atoms with van der Waals surface area (Å²) in [6.07, 6.45) is 8.39. The Morgan fingerprint density at radius 2 is 0.538 bits per heavy atom. The molecule has 0 radical (unpaired) electrons. The molecule has 132 heavy (non-hydrogen) atoms. The van der Waals surface area contributed by atoms with E-state index in [-0.39, 0.29) is 6.04 Å². The molecule has 2 saturated carbocycles. The van der Waals surface area contributed by atoms with E-state index < -0.39 is 106 Å². The van der Waals surface area contributed by atoms with Crippen molar-refractivity contribution in [2.75, 3.05) is 127 Å². The Hall–Kier alpha value is -4.64. The van der Waals surface area contributed by atoms with Crippen LogP contribution in [0.2, 0.25) is 50.4 Å². The summed E-state index contributed by atoms with van der Waals surface area (Å²) < 4.78 is 150. The normalized spacial score (nSPS) is 17.4. The lowest BCUT2D eigenvalue weighted by molar-refractivity contribution is 0.0425. The number of hydrogen-bond donors (Lipinski definition) is 2. The molecule has 0 bridgehead atoms. The van der Waals surface area contributed by atoms with Crippen LogP contribution in [0.4, 0.5) is 0 Å². The van der Waals surface area contributed by atoms with Crippen molar-refractivity contribution in [3.63, 3.8) is 0 Å². The van der Waals surface area contributed by atoms with Gasteiger partial charge in [-0.1, -0.05) is 243 Å². The maximum Gasteiger partial charge on any atom is 0.494 e. The lowest BCUT2D eigenvalue weighted by atomic mass is 9.83. The zero-order chi connectivity index (χ0) is 94.5. The third-order valence-electron chi connectivity index (χ3n) is 23.3. The molecule has 8 aromatic rings. The van der Waals surface area contributed by atoms with Gasteiger partial charge in [0.05, 0.1) is 19.8 Å². The quantitative estimate of drug-likeness (QED) is 0.0265. The van der Waals surface area contributed by atoms with Gasteiger partial charge < -0.3 is 110 Å². The molecule has 728 valence electrons. The van der Waals surface area contributed by atoms with Crippen molar-refractivity contribution < 1.29 is 110 Å². The van der Waals surface area contributed by atoms with Crippen molar-refractivity contribution in [1.82, 2.24) is 0 Å². The molecule has 37 heteroatoms. The van der Waals surface area contributed by atoms with E-state index in [0.29, 0.717) is 148 Å². The van der Waals surface area contributed by atoms with Crippen LogP contribution in [-0.4, -0.2) is 243 Å². The summed E-state index contributed by atoms with van der Waals surface area (Å²) in [7, 11) is -33.1. The van der Waals surface area contributed by atoms with Crippen molar-refractivity contribution in [1.29, 1.82) is 0 Å². The van der Waals surface area contributed by atoms with Crippen molar-refractivity contribution in [3.05, 3.63) is 243 Å². The lowest BCUT2D eigenvalue weighted by Crippen LogP contribution is -2.72. The van der Waals surface area contributed by atoms with Crippen molar-refractivity contribution >= 4 is 148 Å². The smallest absolute Gasteiger partial charge is 0.411 e. The van der Waals surface area contributed by atoms with Gasteiger partial charge in [0.15, 0.2) is 0 Å². The first kappa shape index (κ1) is 111. The van der Waals surface area contributed by atoms with Crippen molar-refractivity contribution in [2.24, 2.45) is 23.7 Å². The van der Waals surface area contributed by atoms with Crippen molar-refractivity contribution in [3.8, 4) is 0 Å². The Labute approximate surface area is 802 Å². The van der Waals surface area contributed by atoms with Gasteiger partial charge in [0, 0.05) is 131 Å². The Morgan fingerprint density at radius 3 is 0.780 bits per heavy atom. The first-order valence-corrected chi connectivity index (χ1v) is 70.8. The van der Waals surface area contributed by atoms with Gasteiger partial charge in [0.1, 0.15) is 0 Å². The van der Waals surface area contributed by atoms with Gasteiger partial charge in [-0.2, -0.15) is 0 Å². The molecule has 0 aromatic heterocycles. The molecule has 2 aliphatic rings. The van der Waals surface area contributed by atoms with Gasteiger partial charge in [-0.15, -0.1) is 0 Å². The Balaban J connectivity index is 0.000000302. The first-order valence-electron chi connectivity index (χ1n) is 47.4. The van der Waals surface area contributed by atoms with Gasteiger partial charge >= 0.3 is 106 Å². The van der Waals surface area contributed by atoms with E-state index in [1.807, 2.05) is 276 Å². The number of ether oxygens (including phenoxy) is 4. The van der Waals surface area contributed by atoms with E-state index in [0.717, 1.165) is 92.9 Å². The van der Waals surface area contributed by atoms with Crippen LogP contribution >= 0.6 is 0 Å². The maximum absolute atomic E-state index is 12.0. The van der Waals surface area contributed by atoms with E-state index in [2.05, 4.69) is 48.5 Å². The highest BCUT2D eigenvalue weighted by molar-refractivity contribution is 7.02. The number of benzene rings is 8. The summed E-state index contributed by atoms with van der Waals surface area (Å²) in [4.78, 5) is 23.8. The van der Waals surface area contributed by atoms with Crippen LogP contribution in [-0.2, 0) is 101 Å². The van der Waals surface area contributed by atoms with E-state index in [1.54, 1.807) is 14.2 Å². The largest absolute Gasteiger partial charge is 0.494 e. The standard InChI is InChI=1S/C52H84O14Si6.C43H66O11Si6/c1-9-55-67(56-10-2)63-71(49-29-21-17-22-30-49,50-31-23-18-24-32-50)65-69(59-13-5,60-14-6)43-41-53-45-47-37-39-48(40-38-47)46-54-42-44-70(61-15-7,62-16-8)66-72(51-33-25-19-26-34-51,52-35-27-20-28-36-52)64-68(57-11-3)58-12-4;1-46-55(4)51-59(40-20-12-8-13-21-40,41-22-14-9-15-23-41)53-57(7,44)34-32-49-36-38-28-30-39(31-29-38)37-50-33-35-58(45,48-3)54-60(52-56(5,6)47-2,42-24-16-10-17-25-42)43-26-18-11-19-27-43/h17-36,47-48,67-68H,9-16,37-46H2,1-8H3;8-27,38-39,44-45,55H,28-37H2,1-7H3. The summed E-state index contributed by atoms with van der Waals surface area (Å²) in [6.45, 7) is 31.2. The second-order valence-corrected chi connectivity index (χ2v) is 67.2. The molecule has 2 aliphatic carbocycles. The van der Waals surface area contributed by atoms with Gasteiger partial charge in [0.25, 0.3) is 0 Å². The monoisotopic (exact) mass is 2030 g/mol. The summed E-state index contributed by atoms with van der Waals surface area (Å²) in [6, 6.07) is 81.9. The fourth-order valence-electron chi connectivity index (χ4n) is 16.4. The second-order valence-electron chi connectivity index (χ2n) is 33.3. The SMILES string of the molecule is CCO[SiH](OCC)O[Si](O[Si](CCOCC1CCC(COCC[Si](OCC)(OCC)O[Si](O[SiH](OCC)OCC)(c2ccccc2)c2ccccc2)CC1)(OCC)OCC)(c1ccccc1)c1ccccc1.CO[SiH](C)O[Si](O[Si](C)(O)CCOCC1CCC(COCC[Si](O)(OC)O[Si](O[Si](C)(C)OC)(c2ccccc2)c2ccccc2)CC1)(c1ccccc1)c1ccccc1. The van der Waals surface area contributed by atoms with Crippen LogP contribution in [0, 0.1) is 23.7 Å². The molecule has 2 N–H and O–H groups in total. The van der Waals surface area contributed by atoms with Crippen LogP contribution in [0.1, 0.15) is 107 Å². The predicted octanol–water partition coefficient (Wildman–Crippen LogP) is 11.9. The number of hydrogen-bond acceptors (Lipinski definition) is 25. The Bertz CT molecular complexity index is 4030. The molecule has 0 saturated heterocycles. The van der Waals surface area contributed by atoms with Crippen LogP contribution in [0.25, 0.3) is 0 Å². The minimum atomic E-state index is -3.80. The summed E-state index contributed by atoms with van der Waals surface area (Å²) in [5, 5.41) is 7.35. The van der Waals surface area contributed by atoms with E-state index in [1.165, 1.54) is 7.11 Å². The fraction of sp³-hybridized carbons (Fsp3) is 0.495. The predicted molar refractivity (Wildman–Crippen MR) is 546 cm³/mol. The average molecular weight is 2030 g/mol. The van der Waals surface area contributed by atoms with Crippen LogP contribution < -0.4 is 41.5 Å². The fourth-order valence-corrected chi connectivity index (χ4v) is 58.2. The molecular formula is C95H150O25Si12. The molecule has 10 rings (SSSR count). The molecule has 0 aliphatic heterocycles. The molecule has 0 heterocycles. The summed E-state index contributed by atoms with van der Waals surface area (Å²) >= 11 is 0. The molecule has 0 amide bonds. The first-order chi connectivity index (χ1) is 64.0. The topological polar surface area (TPSA) is 253 Å². The molecule has 3 unspecified atom stereocenters. The molecule has 0 spiro atoms. The van der Waals surface area contributed by atoms with Crippen LogP contribution in [0.15, 0.2) is 243 Å². The van der Waals surface area contributed by atoms with Gasteiger partial charge in [-0.05, 0) is 198 Å². The zero-order valence-electron chi connectivity index (χ0n) is 80.7. The van der Waals surface area contributed by atoms with Crippen molar-refractivity contribution in [2.45, 2.75) is 157 Å². The van der Waals surface area contributed by atoms with Crippen LogP contribution in [0.5, 0.6) is 0 Å². The third-order valence-corrected chi connectivity index (χ3v) is 63.3. The minimum absolute atomic E-state index is 0.232. The molecule has 3 atom stereocenters.